The summed E-state index contributed by atoms with van der Waals surface area (Å²) in [5, 5.41) is 11.3. The molecule has 1 aromatic heterocycles. The van der Waals surface area contributed by atoms with E-state index in [9.17, 15) is 9.59 Å². The maximum atomic E-state index is 12.9. The smallest absolute Gasteiger partial charge is 0.357 e. The minimum Gasteiger partial charge on any atom is -0.451 e. The Balaban J connectivity index is 1.53. The van der Waals surface area contributed by atoms with Crippen molar-refractivity contribution in [2.24, 2.45) is 0 Å². The van der Waals surface area contributed by atoms with Crippen molar-refractivity contribution in [2.45, 2.75) is 26.3 Å². The summed E-state index contributed by atoms with van der Waals surface area (Å²) in [5.41, 5.74) is 2.89. The second-order valence-electron chi connectivity index (χ2n) is 7.10. The van der Waals surface area contributed by atoms with E-state index in [1.807, 2.05) is 61.5 Å². The van der Waals surface area contributed by atoms with E-state index in [0.29, 0.717) is 5.82 Å². The van der Waals surface area contributed by atoms with Crippen LogP contribution < -0.4 is 4.90 Å². The lowest BCUT2D eigenvalue weighted by Gasteiger charge is -2.22. The van der Waals surface area contributed by atoms with Gasteiger partial charge in [-0.05, 0) is 54.0 Å². The zero-order valence-electron chi connectivity index (χ0n) is 16.7. The molecular weight excluding hydrogens is 382 g/mol. The summed E-state index contributed by atoms with van der Waals surface area (Å²) in [4.78, 5) is 27.4. The van der Waals surface area contributed by atoms with Gasteiger partial charge < -0.3 is 9.64 Å². The van der Waals surface area contributed by atoms with Crippen molar-refractivity contribution in [3.8, 4) is 0 Å². The van der Waals surface area contributed by atoms with Crippen molar-refractivity contribution < 1.29 is 14.3 Å². The Hall–Kier alpha value is -3.81. The maximum Gasteiger partial charge on any atom is 0.357 e. The molecule has 1 aliphatic heterocycles. The highest BCUT2D eigenvalue weighted by Gasteiger charge is 2.31. The lowest BCUT2D eigenvalue weighted by Crippen LogP contribution is -2.38. The van der Waals surface area contributed by atoms with Gasteiger partial charge in [0, 0.05) is 11.7 Å². The van der Waals surface area contributed by atoms with E-state index in [1.165, 1.54) is 4.68 Å². The highest BCUT2D eigenvalue weighted by atomic mass is 16.5. The average molecular weight is 403 g/mol. The number of hydrogen-bond acceptors (Lipinski definition) is 6. The second-order valence-corrected chi connectivity index (χ2v) is 7.10. The number of aromatic nitrogens is 4. The van der Waals surface area contributed by atoms with Gasteiger partial charge in [-0.1, -0.05) is 48.5 Å². The van der Waals surface area contributed by atoms with Gasteiger partial charge in [-0.25, -0.2) is 4.79 Å². The standard InChI is InChI=1S/C22H21N5O3/c1-15-12-18-10-6-7-11-19(18)26(15)21(28)14-30-22(29)20(27-16(2)23-24-25-27)13-17-8-4-3-5-9-17/h3-11,13,15H,12,14H2,1-2H3/b20-13-/t15-/m1/s1. The molecule has 0 saturated carbocycles. The van der Waals surface area contributed by atoms with Gasteiger partial charge in [0.2, 0.25) is 0 Å². The van der Waals surface area contributed by atoms with E-state index in [1.54, 1.807) is 17.9 Å². The maximum absolute atomic E-state index is 12.9. The summed E-state index contributed by atoms with van der Waals surface area (Å²) in [6.45, 7) is 3.29. The number of fused-ring (bicyclic) bond motifs is 1. The molecule has 3 aromatic rings. The molecule has 0 radical (unpaired) electrons. The fourth-order valence-corrected chi connectivity index (χ4v) is 3.58. The second kappa shape index (κ2) is 8.28. The molecule has 30 heavy (non-hydrogen) atoms. The molecule has 0 aliphatic carbocycles. The number of aryl methyl sites for hydroxylation is 1. The van der Waals surface area contributed by atoms with Crippen molar-refractivity contribution in [1.29, 1.82) is 0 Å². The minimum atomic E-state index is -0.678. The first-order valence-electron chi connectivity index (χ1n) is 9.64. The molecule has 152 valence electrons. The quantitative estimate of drug-likeness (QED) is 0.480. The number of tetrazole rings is 1. The Kier molecular flexibility index (Phi) is 5.38. The number of benzene rings is 2. The van der Waals surface area contributed by atoms with Gasteiger partial charge in [-0.15, -0.1) is 5.10 Å². The van der Waals surface area contributed by atoms with Crippen molar-refractivity contribution in [3.63, 3.8) is 0 Å². The van der Waals surface area contributed by atoms with Gasteiger partial charge in [-0.3, -0.25) is 4.79 Å². The van der Waals surface area contributed by atoms with Gasteiger partial charge in [-0.2, -0.15) is 4.68 Å². The van der Waals surface area contributed by atoms with E-state index < -0.39 is 5.97 Å². The molecule has 0 N–H and O–H groups in total. The molecule has 0 saturated heterocycles. The van der Waals surface area contributed by atoms with Crippen LogP contribution in [0.1, 0.15) is 23.9 Å². The van der Waals surface area contributed by atoms with E-state index in [0.717, 1.165) is 23.2 Å². The minimum absolute atomic E-state index is 0.00898. The van der Waals surface area contributed by atoms with Crippen LogP contribution in [-0.4, -0.2) is 44.7 Å². The van der Waals surface area contributed by atoms with Gasteiger partial charge in [0.05, 0.1) is 0 Å². The Morgan fingerprint density at radius 1 is 1.13 bits per heavy atom. The molecule has 0 spiro atoms. The molecule has 2 heterocycles. The molecular formula is C22H21N5O3. The summed E-state index contributed by atoms with van der Waals surface area (Å²) in [6, 6.07) is 17.1. The number of ether oxygens (including phenoxy) is 1. The van der Waals surface area contributed by atoms with Gasteiger partial charge in [0.1, 0.15) is 0 Å². The first kappa shape index (κ1) is 19.5. The number of hydrogen-bond donors (Lipinski definition) is 0. The molecule has 0 bridgehead atoms. The Morgan fingerprint density at radius 3 is 2.60 bits per heavy atom. The number of rotatable bonds is 5. The molecule has 0 unspecified atom stereocenters. The largest absolute Gasteiger partial charge is 0.451 e. The van der Waals surface area contributed by atoms with E-state index in [-0.39, 0.29) is 24.3 Å². The summed E-state index contributed by atoms with van der Waals surface area (Å²) >= 11 is 0. The zero-order valence-corrected chi connectivity index (χ0v) is 16.7. The number of amides is 1. The number of carbonyl (C=O) groups is 2. The molecule has 4 rings (SSSR count). The third kappa shape index (κ3) is 3.84. The first-order valence-corrected chi connectivity index (χ1v) is 9.64. The summed E-state index contributed by atoms with van der Waals surface area (Å²) in [6.07, 6.45) is 2.41. The van der Waals surface area contributed by atoms with Crippen LogP contribution in [0.25, 0.3) is 11.8 Å². The molecule has 1 atom stereocenters. The Bertz CT molecular complexity index is 1110. The van der Waals surface area contributed by atoms with Gasteiger partial charge in [0.25, 0.3) is 5.91 Å². The van der Waals surface area contributed by atoms with Crippen LogP contribution in [0.15, 0.2) is 54.6 Å². The van der Waals surface area contributed by atoms with Crippen LogP contribution in [-0.2, 0) is 20.7 Å². The summed E-state index contributed by atoms with van der Waals surface area (Å²) in [5.74, 6) is -0.515. The average Bonchev–Trinajstić information content (AvgIpc) is 3.32. The summed E-state index contributed by atoms with van der Waals surface area (Å²) in [7, 11) is 0. The Morgan fingerprint density at radius 2 is 1.87 bits per heavy atom. The molecule has 0 fully saturated rings. The van der Waals surface area contributed by atoms with Crippen LogP contribution in [0.4, 0.5) is 5.69 Å². The van der Waals surface area contributed by atoms with Crippen molar-refractivity contribution >= 4 is 29.3 Å². The SMILES string of the molecule is Cc1nnnn1/C(=C\c1ccccc1)C(=O)OCC(=O)N1c2ccccc2C[C@H]1C. The topological polar surface area (TPSA) is 90.2 Å². The van der Waals surface area contributed by atoms with Crippen molar-refractivity contribution in [1.82, 2.24) is 20.2 Å². The van der Waals surface area contributed by atoms with Crippen LogP contribution in [0.2, 0.25) is 0 Å². The van der Waals surface area contributed by atoms with E-state index >= 15 is 0 Å². The number of para-hydroxylation sites is 1. The fourth-order valence-electron chi connectivity index (χ4n) is 3.58. The Labute approximate surface area is 173 Å². The van der Waals surface area contributed by atoms with Crippen LogP contribution in [0.3, 0.4) is 0 Å². The number of nitrogens with zero attached hydrogens (tertiary/aromatic N) is 5. The normalized spacial score (nSPS) is 15.7. The predicted octanol–water partition coefficient (Wildman–Crippen LogP) is 2.50. The monoisotopic (exact) mass is 403 g/mol. The fraction of sp³-hybridized carbons (Fsp3) is 0.227. The lowest BCUT2D eigenvalue weighted by atomic mass is 10.1. The lowest BCUT2D eigenvalue weighted by molar-refractivity contribution is -0.142. The van der Waals surface area contributed by atoms with E-state index in [2.05, 4.69) is 15.5 Å². The third-order valence-electron chi connectivity index (χ3n) is 4.97. The molecule has 1 aliphatic rings. The number of carbonyl (C=O) groups excluding carboxylic acids is 2. The number of esters is 1. The summed E-state index contributed by atoms with van der Waals surface area (Å²) < 4.78 is 6.68. The van der Waals surface area contributed by atoms with Gasteiger partial charge >= 0.3 is 5.97 Å². The molecule has 8 heteroatoms. The van der Waals surface area contributed by atoms with Crippen LogP contribution in [0, 0.1) is 6.92 Å². The zero-order chi connectivity index (χ0) is 21.1. The predicted molar refractivity (Wildman–Crippen MR) is 111 cm³/mol. The van der Waals surface area contributed by atoms with Gasteiger partial charge in [0.15, 0.2) is 18.1 Å². The number of anilines is 1. The van der Waals surface area contributed by atoms with Crippen LogP contribution >= 0.6 is 0 Å². The highest BCUT2D eigenvalue weighted by molar-refractivity contribution is 6.16. The highest BCUT2D eigenvalue weighted by Crippen LogP contribution is 2.31. The third-order valence-corrected chi connectivity index (χ3v) is 4.97. The first-order chi connectivity index (χ1) is 14.5. The van der Waals surface area contributed by atoms with Crippen molar-refractivity contribution in [2.75, 3.05) is 11.5 Å². The molecule has 2 aromatic carbocycles. The van der Waals surface area contributed by atoms with Crippen molar-refractivity contribution in [3.05, 3.63) is 71.5 Å². The molecule has 8 nitrogen and oxygen atoms in total. The molecule has 1 amide bonds. The van der Waals surface area contributed by atoms with E-state index in [4.69, 9.17) is 4.74 Å². The van der Waals surface area contributed by atoms with Crippen LogP contribution in [0.5, 0.6) is 0 Å².